The number of hydrogen-bond donors (Lipinski definition) is 0. The third-order valence-electron chi connectivity index (χ3n) is 9.76. The van der Waals surface area contributed by atoms with Gasteiger partial charge in [-0.2, -0.15) is 0 Å². The Balaban J connectivity index is 1.26. The molecule has 0 bridgehead atoms. The number of hydrogen-bond acceptors (Lipinski definition) is 1. The summed E-state index contributed by atoms with van der Waals surface area (Å²) in [5.74, 6) is 0.923. The maximum absolute atomic E-state index is 5.41. The highest BCUT2D eigenvalue weighted by molar-refractivity contribution is 6.03. The van der Waals surface area contributed by atoms with Gasteiger partial charge in [0.15, 0.2) is 0 Å². The van der Waals surface area contributed by atoms with Crippen LogP contribution in [0, 0.1) is 0 Å². The Kier molecular flexibility index (Phi) is 5.64. The highest BCUT2D eigenvalue weighted by Gasteiger charge is 2.24. The predicted octanol–water partition coefficient (Wildman–Crippen LogP) is 11.0. The number of aromatic nitrogens is 3. The minimum Gasteiger partial charge on any atom is -0.278 e. The van der Waals surface area contributed by atoms with Gasteiger partial charge in [-0.3, -0.25) is 8.97 Å². The summed E-state index contributed by atoms with van der Waals surface area (Å²) < 4.78 is 4.67. The topological polar surface area (TPSA) is 22.2 Å². The van der Waals surface area contributed by atoms with Crippen molar-refractivity contribution in [2.45, 2.75) is 6.42 Å². The summed E-state index contributed by atoms with van der Waals surface area (Å²) in [4.78, 5) is 5.41. The SMILES string of the molecule is c1ccc(Cc2cccc3c2nc2n(-c4ccc5c(c4)-c4ccccc4-c4ccccc4-c4ccccc4-5)c4ccccc4n32)cc1. The van der Waals surface area contributed by atoms with Crippen LogP contribution in [0.2, 0.25) is 0 Å². The molecule has 0 aliphatic heterocycles. The summed E-state index contributed by atoms with van der Waals surface area (Å²) in [5.41, 5.74) is 18.0. The third kappa shape index (κ3) is 3.90. The van der Waals surface area contributed by atoms with Crippen LogP contribution in [0.5, 0.6) is 0 Å². The van der Waals surface area contributed by atoms with E-state index in [1.807, 2.05) is 0 Å². The normalized spacial score (nSPS) is 11.9. The van der Waals surface area contributed by atoms with Crippen LogP contribution in [-0.4, -0.2) is 14.0 Å². The summed E-state index contributed by atoms with van der Waals surface area (Å²) in [6.07, 6.45) is 0.840. The van der Waals surface area contributed by atoms with Gasteiger partial charge in [0.25, 0.3) is 0 Å². The molecule has 0 fully saturated rings. The Morgan fingerprint density at radius 1 is 0.404 bits per heavy atom. The van der Waals surface area contributed by atoms with E-state index in [4.69, 9.17) is 4.98 Å². The number of fused-ring (bicyclic) bond motifs is 13. The van der Waals surface area contributed by atoms with Gasteiger partial charge in [0, 0.05) is 5.69 Å². The fourth-order valence-corrected chi connectivity index (χ4v) is 7.68. The Hall–Kier alpha value is -6.19. The highest BCUT2D eigenvalue weighted by Crippen LogP contribution is 2.48. The van der Waals surface area contributed by atoms with E-state index in [-0.39, 0.29) is 0 Å². The van der Waals surface area contributed by atoms with E-state index in [1.54, 1.807) is 0 Å². The Morgan fingerprint density at radius 3 is 1.55 bits per heavy atom. The molecule has 0 N–H and O–H groups in total. The zero-order chi connectivity index (χ0) is 30.9. The van der Waals surface area contributed by atoms with Crippen molar-refractivity contribution < 1.29 is 0 Å². The molecule has 1 aliphatic rings. The zero-order valence-electron chi connectivity index (χ0n) is 25.6. The second-order valence-corrected chi connectivity index (χ2v) is 12.4. The molecule has 9 aromatic rings. The molecule has 47 heavy (non-hydrogen) atoms. The lowest BCUT2D eigenvalue weighted by molar-refractivity contribution is 1.11. The molecule has 10 rings (SSSR count). The van der Waals surface area contributed by atoms with E-state index < -0.39 is 0 Å². The molecule has 0 saturated heterocycles. The van der Waals surface area contributed by atoms with Crippen molar-refractivity contribution in [1.82, 2.24) is 14.0 Å². The lowest BCUT2D eigenvalue weighted by atomic mass is 9.81. The van der Waals surface area contributed by atoms with Gasteiger partial charge in [-0.1, -0.05) is 133 Å². The molecule has 0 spiro atoms. The van der Waals surface area contributed by atoms with Gasteiger partial charge < -0.3 is 0 Å². The lowest BCUT2D eigenvalue weighted by Crippen LogP contribution is -2.00. The average molecular weight is 600 g/mol. The van der Waals surface area contributed by atoms with Crippen molar-refractivity contribution in [3.63, 3.8) is 0 Å². The molecule has 220 valence electrons. The number of imidazole rings is 2. The fourth-order valence-electron chi connectivity index (χ4n) is 7.68. The number of rotatable bonds is 3. The predicted molar refractivity (Wildman–Crippen MR) is 194 cm³/mol. The first-order valence-corrected chi connectivity index (χ1v) is 16.2. The molecule has 0 saturated carbocycles. The first-order chi connectivity index (χ1) is 23.3. The van der Waals surface area contributed by atoms with Crippen molar-refractivity contribution in [2.24, 2.45) is 0 Å². The number of nitrogens with zero attached hydrogens (tertiary/aromatic N) is 3. The third-order valence-corrected chi connectivity index (χ3v) is 9.76. The largest absolute Gasteiger partial charge is 0.278 e. The van der Waals surface area contributed by atoms with Gasteiger partial charge in [0.2, 0.25) is 5.78 Å². The van der Waals surface area contributed by atoms with Crippen LogP contribution in [0.1, 0.15) is 11.1 Å². The molecule has 3 heteroatoms. The fraction of sp³-hybridized carbons (Fsp3) is 0.0227. The van der Waals surface area contributed by atoms with Crippen LogP contribution in [-0.2, 0) is 6.42 Å². The van der Waals surface area contributed by atoms with Crippen LogP contribution in [0.25, 0.3) is 78.0 Å². The summed E-state index contributed by atoms with van der Waals surface area (Å²) in [5, 5.41) is 0. The maximum atomic E-state index is 5.41. The van der Waals surface area contributed by atoms with Crippen molar-refractivity contribution in [2.75, 3.05) is 0 Å². The van der Waals surface area contributed by atoms with Gasteiger partial charge in [-0.05, 0) is 92.4 Å². The second-order valence-electron chi connectivity index (χ2n) is 12.4. The summed E-state index contributed by atoms with van der Waals surface area (Å²) in [6.45, 7) is 0. The monoisotopic (exact) mass is 599 g/mol. The van der Waals surface area contributed by atoms with Gasteiger partial charge in [-0.15, -0.1) is 0 Å². The van der Waals surface area contributed by atoms with Crippen LogP contribution >= 0.6 is 0 Å². The highest BCUT2D eigenvalue weighted by atomic mass is 15.2. The first kappa shape index (κ1) is 26.1. The molecular formula is C44H29N3. The molecule has 2 heterocycles. The molecular weight excluding hydrogens is 571 g/mol. The Labute approximate surface area is 272 Å². The average Bonchev–Trinajstić information content (AvgIpc) is 3.67. The summed E-state index contributed by atoms with van der Waals surface area (Å²) in [6, 6.07) is 59.3. The number of benzene rings is 7. The minimum atomic E-state index is 0.840. The van der Waals surface area contributed by atoms with E-state index in [0.717, 1.165) is 40.0 Å². The molecule has 0 amide bonds. The van der Waals surface area contributed by atoms with Crippen LogP contribution in [0.4, 0.5) is 0 Å². The standard InChI is InChI=1S/C44H29N3/c1-2-13-29(14-3-1)27-30-15-12-24-42-43(30)45-44-46(40-22-10-11-23-41(40)47(42)44)31-25-26-38-36-20-7-6-18-34(36)32-16-4-5-17-33(32)35-19-8-9-21-37(35)39(38)28-31/h1-26,28H,27H2. The van der Waals surface area contributed by atoms with Crippen molar-refractivity contribution >= 4 is 27.8 Å². The van der Waals surface area contributed by atoms with E-state index in [1.165, 1.54) is 55.6 Å². The van der Waals surface area contributed by atoms with Gasteiger partial charge >= 0.3 is 0 Å². The van der Waals surface area contributed by atoms with E-state index >= 15 is 0 Å². The van der Waals surface area contributed by atoms with Gasteiger partial charge in [0.05, 0.1) is 22.1 Å². The van der Waals surface area contributed by atoms with Crippen molar-refractivity contribution in [3.05, 3.63) is 175 Å². The molecule has 7 aromatic carbocycles. The zero-order valence-corrected chi connectivity index (χ0v) is 25.6. The van der Waals surface area contributed by atoms with E-state index in [9.17, 15) is 0 Å². The van der Waals surface area contributed by atoms with E-state index in [2.05, 4.69) is 173 Å². The lowest BCUT2D eigenvalue weighted by Gasteiger charge is -2.23. The second kappa shape index (κ2) is 10.2. The molecule has 0 atom stereocenters. The van der Waals surface area contributed by atoms with Crippen LogP contribution < -0.4 is 0 Å². The van der Waals surface area contributed by atoms with Gasteiger partial charge in [-0.25, -0.2) is 4.98 Å². The van der Waals surface area contributed by atoms with E-state index in [0.29, 0.717) is 0 Å². The van der Waals surface area contributed by atoms with Crippen molar-refractivity contribution in [1.29, 1.82) is 0 Å². The number of para-hydroxylation sites is 3. The quantitative estimate of drug-likeness (QED) is 0.198. The molecule has 0 unspecified atom stereocenters. The maximum Gasteiger partial charge on any atom is 0.220 e. The van der Waals surface area contributed by atoms with Crippen molar-refractivity contribution in [3.8, 4) is 50.2 Å². The first-order valence-electron chi connectivity index (χ1n) is 16.2. The molecule has 0 radical (unpaired) electrons. The summed E-state index contributed by atoms with van der Waals surface area (Å²) in [7, 11) is 0. The molecule has 1 aliphatic carbocycles. The molecule has 2 aromatic heterocycles. The smallest absolute Gasteiger partial charge is 0.220 e. The Morgan fingerprint density at radius 2 is 0.915 bits per heavy atom. The molecule has 3 nitrogen and oxygen atoms in total. The minimum absolute atomic E-state index is 0.840. The Bertz CT molecular complexity index is 2650. The van der Waals surface area contributed by atoms with Gasteiger partial charge in [0.1, 0.15) is 0 Å². The van der Waals surface area contributed by atoms with Crippen LogP contribution in [0.3, 0.4) is 0 Å². The summed E-state index contributed by atoms with van der Waals surface area (Å²) >= 11 is 0. The van der Waals surface area contributed by atoms with Crippen LogP contribution in [0.15, 0.2) is 164 Å².